The van der Waals surface area contributed by atoms with Crippen molar-refractivity contribution in [3.8, 4) is 0 Å². The van der Waals surface area contributed by atoms with Crippen LogP contribution in [0.15, 0.2) is 18.2 Å². The van der Waals surface area contributed by atoms with Crippen LogP contribution < -0.4 is 0 Å². The molecule has 0 unspecified atom stereocenters. The summed E-state index contributed by atoms with van der Waals surface area (Å²) in [6.45, 7) is 15.3. The first-order valence-corrected chi connectivity index (χ1v) is 19.8. The zero-order valence-corrected chi connectivity index (χ0v) is 34.0. The summed E-state index contributed by atoms with van der Waals surface area (Å²) in [6, 6.07) is 5.91. The van der Waals surface area contributed by atoms with Gasteiger partial charge < -0.3 is 43.1 Å². The van der Waals surface area contributed by atoms with Crippen LogP contribution in [-0.2, 0) is 62.4 Å². The first-order chi connectivity index (χ1) is 23.1. The van der Waals surface area contributed by atoms with Crippen LogP contribution in [0.3, 0.4) is 0 Å². The van der Waals surface area contributed by atoms with Crippen LogP contribution in [0.2, 0.25) is 0 Å². The lowest BCUT2D eigenvalue weighted by molar-refractivity contribution is -0.158. The standard InChI is InChI=1S/C33H54Br3N3O9/c1-7-43-31(44-8-2)22-37(28(40)16-34)19-25-13-26(20-38(29(41)17-35)23-32(45-9-3)46-10-4)15-27(14-25)21-39(30(42)18-36)24-33(47-11-5)48-12-6/h13-15,31-33H,7-12,16-24H2,1-6H3. The molecule has 15 heteroatoms. The second-order valence-corrected chi connectivity index (χ2v) is 12.1. The molecule has 48 heavy (non-hydrogen) atoms. The summed E-state index contributed by atoms with van der Waals surface area (Å²) in [6.07, 6.45) is -1.77. The molecule has 3 amide bonds. The number of halogens is 3. The Kier molecular flexibility index (Phi) is 24.9. The van der Waals surface area contributed by atoms with Crippen LogP contribution in [0.4, 0.5) is 0 Å². The van der Waals surface area contributed by atoms with Gasteiger partial charge in [0.2, 0.25) is 17.7 Å². The molecule has 0 fully saturated rings. The van der Waals surface area contributed by atoms with Gasteiger partial charge in [-0.3, -0.25) is 14.4 Å². The van der Waals surface area contributed by atoms with E-state index in [2.05, 4.69) is 47.8 Å². The van der Waals surface area contributed by atoms with Gasteiger partial charge in [-0.25, -0.2) is 0 Å². The molecule has 0 heterocycles. The number of rotatable bonds is 27. The number of ether oxygens (including phenoxy) is 6. The van der Waals surface area contributed by atoms with Gasteiger partial charge in [0.15, 0.2) is 18.9 Å². The van der Waals surface area contributed by atoms with E-state index >= 15 is 0 Å². The van der Waals surface area contributed by atoms with Gasteiger partial charge in [-0.15, -0.1) is 0 Å². The van der Waals surface area contributed by atoms with Gasteiger partial charge in [-0.05, 0) is 58.2 Å². The van der Waals surface area contributed by atoms with Gasteiger partial charge >= 0.3 is 0 Å². The third kappa shape index (κ3) is 17.2. The van der Waals surface area contributed by atoms with E-state index in [1.807, 2.05) is 59.7 Å². The molecule has 0 saturated heterocycles. The second kappa shape index (κ2) is 26.6. The zero-order chi connectivity index (χ0) is 35.9. The van der Waals surface area contributed by atoms with Gasteiger partial charge in [0.05, 0.1) is 35.6 Å². The summed E-state index contributed by atoms with van der Waals surface area (Å²) in [4.78, 5) is 44.4. The van der Waals surface area contributed by atoms with Crippen LogP contribution in [0.25, 0.3) is 0 Å². The van der Waals surface area contributed by atoms with E-state index < -0.39 is 18.9 Å². The van der Waals surface area contributed by atoms with Crippen molar-refractivity contribution in [1.82, 2.24) is 14.7 Å². The molecule has 1 rings (SSSR count). The summed E-state index contributed by atoms with van der Waals surface area (Å²) in [5.74, 6) is -0.400. The van der Waals surface area contributed by atoms with Gasteiger partial charge in [0, 0.05) is 59.3 Å². The number of alkyl halides is 3. The van der Waals surface area contributed by atoms with Crippen LogP contribution in [0.5, 0.6) is 0 Å². The Hall–Kier alpha value is -1.17. The minimum atomic E-state index is -0.590. The quantitative estimate of drug-likeness (QED) is 0.0885. The van der Waals surface area contributed by atoms with Gasteiger partial charge in [0.1, 0.15) is 0 Å². The number of hydrogen-bond acceptors (Lipinski definition) is 9. The fourth-order valence-corrected chi connectivity index (χ4v) is 5.97. The predicted octanol–water partition coefficient (Wildman–Crippen LogP) is 5.05. The van der Waals surface area contributed by atoms with E-state index in [1.54, 1.807) is 14.7 Å². The normalized spacial score (nSPS) is 11.5. The average Bonchev–Trinajstić information content (AvgIpc) is 3.06. The highest BCUT2D eigenvalue weighted by Gasteiger charge is 2.24. The van der Waals surface area contributed by atoms with E-state index in [1.165, 1.54) is 0 Å². The number of amides is 3. The molecule has 0 aliphatic carbocycles. The number of carbonyl (C=O) groups is 3. The Bertz CT molecular complexity index is 914. The van der Waals surface area contributed by atoms with E-state index in [0.717, 1.165) is 16.7 Å². The Morgan fingerprint density at radius 3 is 0.854 bits per heavy atom. The number of nitrogens with zero attached hydrogens (tertiary/aromatic N) is 3. The molecule has 0 N–H and O–H groups in total. The van der Waals surface area contributed by atoms with Crippen molar-refractivity contribution in [2.24, 2.45) is 0 Å². The third-order valence-electron chi connectivity index (χ3n) is 6.86. The van der Waals surface area contributed by atoms with Gasteiger partial charge in [-0.2, -0.15) is 0 Å². The molecule has 0 saturated carbocycles. The summed E-state index contributed by atoms with van der Waals surface area (Å²) in [5.41, 5.74) is 2.45. The molecular formula is C33H54Br3N3O9. The maximum absolute atomic E-state index is 13.1. The minimum absolute atomic E-state index is 0.123. The molecule has 0 aliphatic rings. The van der Waals surface area contributed by atoms with Crippen molar-refractivity contribution in [2.75, 3.05) is 75.3 Å². The topological polar surface area (TPSA) is 116 Å². The lowest BCUT2D eigenvalue weighted by Gasteiger charge is -2.30. The fraction of sp³-hybridized carbons (Fsp3) is 0.727. The molecule has 0 spiro atoms. The lowest BCUT2D eigenvalue weighted by Crippen LogP contribution is -2.41. The molecule has 0 atom stereocenters. The van der Waals surface area contributed by atoms with E-state index in [9.17, 15) is 14.4 Å². The monoisotopic (exact) mass is 873 g/mol. The molecule has 1 aromatic rings. The van der Waals surface area contributed by atoms with Gasteiger partial charge in [-0.1, -0.05) is 66.0 Å². The SMILES string of the molecule is CCOC(CN(Cc1cc(CN(CC(OCC)OCC)C(=O)CBr)cc(CN(CC(OCC)OCC)C(=O)CBr)c1)C(=O)CBr)OCC. The number of benzene rings is 1. The van der Waals surface area contributed by atoms with Crippen LogP contribution >= 0.6 is 47.8 Å². The third-order valence-corrected chi connectivity index (χ3v) is 8.30. The maximum atomic E-state index is 13.1. The van der Waals surface area contributed by atoms with E-state index in [4.69, 9.17) is 28.4 Å². The molecule has 0 radical (unpaired) electrons. The second-order valence-electron chi connectivity index (χ2n) is 10.4. The highest BCUT2D eigenvalue weighted by atomic mass is 79.9. The number of hydrogen-bond donors (Lipinski definition) is 0. The Labute approximate surface area is 311 Å². The predicted molar refractivity (Wildman–Crippen MR) is 195 cm³/mol. The summed E-state index contributed by atoms with van der Waals surface area (Å²) in [7, 11) is 0. The minimum Gasteiger partial charge on any atom is -0.351 e. The molecule has 0 aliphatic heterocycles. The van der Waals surface area contributed by atoms with Crippen molar-refractivity contribution in [3.63, 3.8) is 0 Å². The van der Waals surface area contributed by atoms with E-state index in [-0.39, 0.29) is 73.0 Å². The molecule has 12 nitrogen and oxygen atoms in total. The highest BCUT2D eigenvalue weighted by Crippen LogP contribution is 2.20. The molecular weight excluding hydrogens is 822 g/mol. The van der Waals surface area contributed by atoms with Crippen LogP contribution in [0, 0.1) is 0 Å². The summed E-state index contributed by atoms with van der Waals surface area (Å²) >= 11 is 9.95. The first kappa shape index (κ1) is 44.9. The Balaban J connectivity index is 3.65. The van der Waals surface area contributed by atoms with E-state index in [0.29, 0.717) is 39.6 Å². The summed E-state index contributed by atoms with van der Waals surface area (Å²) in [5, 5.41) is 0.369. The largest absolute Gasteiger partial charge is 0.351 e. The zero-order valence-electron chi connectivity index (χ0n) is 29.2. The van der Waals surface area contributed by atoms with Crippen molar-refractivity contribution < 1.29 is 42.8 Å². The summed E-state index contributed by atoms with van der Waals surface area (Å²) < 4.78 is 34.5. The maximum Gasteiger partial charge on any atom is 0.233 e. The van der Waals surface area contributed by atoms with Crippen LogP contribution in [-0.4, -0.2) is 127 Å². The molecule has 0 bridgehead atoms. The van der Waals surface area contributed by atoms with Gasteiger partial charge in [0.25, 0.3) is 0 Å². The van der Waals surface area contributed by atoms with Crippen molar-refractivity contribution in [3.05, 3.63) is 34.9 Å². The van der Waals surface area contributed by atoms with Crippen molar-refractivity contribution in [2.45, 2.75) is 80.0 Å². The Morgan fingerprint density at radius 1 is 0.479 bits per heavy atom. The average molecular weight is 877 g/mol. The highest BCUT2D eigenvalue weighted by molar-refractivity contribution is 9.09. The van der Waals surface area contributed by atoms with Crippen molar-refractivity contribution >= 4 is 65.5 Å². The molecule has 0 aromatic heterocycles. The van der Waals surface area contributed by atoms with Crippen LogP contribution in [0.1, 0.15) is 58.2 Å². The number of carbonyl (C=O) groups excluding carboxylic acids is 3. The lowest BCUT2D eigenvalue weighted by atomic mass is 10.0. The molecule has 276 valence electrons. The smallest absolute Gasteiger partial charge is 0.233 e. The van der Waals surface area contributed by atoms with Crippen molar-refractivity contribution in [1.29, 1.82) is 0 Å². The fourth-order valence-electron chi connectivity index (χ4n) is 4.91. The first-order valence-electron chi connectivity index (χ1n) is 16.4. The molecule has 1 aromatic carbocycles. The Morgan fingerprint density at radius 2 is 0.688 bits per heavy atom.